The molecule has 0 saturated heterocycles. The number of anilines is 3. The van der Waals surface area contributed by atoms with Crippen molar-refractivity contribution in [3.05, 3.63) is 53.3 Å². The predicted molar refractivity (Wildman–Crippen MR) is 129 cm³/mol. The SMILES string of the molecule is CNC(=O)Cc1csc(NC(=O)Nc2cc(N(C)S(=O)[O-])ccc2Oc2c(F)cccc2OC)n1. The topological polar surface area (TPSA) is 145 Å². The Morgan fingerprint density at radius 2 is 2.00 bits per heavy atom. The highest BCUT2D eigenvalue weighted by molar-refractivity contribution is 7.80. The maximum atomic E-state index is 14.4. The Bertz CT molecular complexity index is 1250. The summed E-state index contributed by atoms with van der Waals surface area (Å²) in [5, 5.41) is 9.43. The third-order valence-electron chi connectivity index (χ3n) is 4.55. The number of nitrogens with one attached hydrogen (secondary N) is 3. The Hall–Kier alpha value is -3.75. The molecule has 1 aromatic heterocycles. The van der Waals surface area contributed by atoms with Crippen molar-refractivity contribution in [1.29, 1.82) is 0 Å². The summed E-state index contributed by atoms with van der Waals surface area (Å²) in [6, 6.07) is 7.55. The molecular formula is C21H21FN5O6S2-. The number of rotatable bonds is 9. The van der Waals surface area contributed by atoms with E-state index >= 15 is 0 Å². The maximum Gasteiger partial charge on any atom is 0.325 e. The van der Waals surface area contributed by atoms with Gasteiger partial charge in [-0.3, -0.25) is 14.3 Å². The minimum atomic E-state index is -2.58. The van der Waals surface area contributed by atoms with Crippen LogP contribution in [0.4, 0.5) is 25.7 Å². The standard InChI is InChI=1S/C21H22FN5O6S2/c1-23-18(28)9-12-11-34-21(24-12)26-20(29)25-15-10-13(27(2)35(30)31)7-8-16(15)33-19-14(22)5-4-6-17(19)32-3/h4-8,10-11H,9H2,1-3H3,(H,23,28)(H,30,31)(H2,24,25,26,29)/p-1. The number of para-hydroxylation sites is 1. The van der Waals surface area contributed by atoms with Crippen LogP contribution in [0.1, 0.15) is 5.69 Å². The fourth-order valence-corrected chi connectivity index (χ4v) is 3.79. The van der Waals surface area contributed by atoms with E-state index in [1.807, 2.05) is 0 Å². The van der Waals surface area contributed by atoms with Crippen molar-refractivity contribution in [2.75, 3.05) is 36.1 Å². The summed E-state index contributed by atoms with van der Waals surface area (Å²) < 4.78 is 48.9. The van der Waals surface area contributed by atoms with Crippen LogP contribution in [0.2, 0.25) is 0 Å². The number of hydrogen-bond donors (Lipinski definition) is 3. The van der Waals surface area contributed by atoms with E-state index in [1.165, 1.54) is 57.6 Å². The molecule has 35 heavy (non-hydrogen) atoms. The van der Waals surface area contributed by atoms with Crippen LogP contribution < -0.4 is 29.7 Å². The lowest BCUT2D eigenvalue weighted by molar-refractivity contribution is -0.120. The molecule has 1 unspecified atom stereocenters. The summed E-state index contributed by atoms with van der Waals surface area (Å²) in [4.78, 5) is 28.3. The van der Waals surface area contributed by atoms with Crippen molar-refractivity contribution < 1.29 is 32.2 Å². The molecule has 0 aliphatic carbocycles. The summed E-state index contributed by atoms with van der Waals surface area (Å²) in [5.41, 5.74) is 0.732. The minimum Gasteiger partial charge on any atom is -0.755 e. The van der Waals surface area contributed by atoms with Gasteiger partial charge in [0.25, 0.3) is 0 Å². The zero-order chi connectivity index (χ0) is 25.5. The molecular weight excluding hydrogens is 501 g/mol. The van der Waals surface area contributed by atoms with Crippen molar-refractivity contribution in [1.82, 2.24) is 10.3 Å². The molecule has 14 heteroatoms. The number of carbonyl (C=O) groups excluding carboxylic acids is 2. The molecule has 3 rings (SSSR count). The number of benzene rings is 2. The largest absolute Gasteiger partial charge is 0.755 e. The van der Waals surface area contributed by atoms with Crippen molar-refractivity contribution in [3.8, 4) is 17.2 Å². The fourth-order valence-electron chi connectivity index (χ4n) is 2.79. The molecule has 3 aromatic rings. The Balaban J connectivity index is 1.87. The van der Waals surface area contributed by atoms with Gasteiger partial charge in [-0.15, -0.1) is 11.3 Å². The lowest BCUT2D eigenvalue weighted by Gasteiger charge is -2.23. The number of thiazole rings is 1. The predicted octanol–water partition coefficient (Wildman–Crippen LogP) is 3.25. The van der Waals surface area contributed by atoms with Gasteiger partial charge < -0.3 is 29.0 Å². The maximum absolute atomic E-state index is 14.4. The normalized spacial score (nSPS) is 11.3. The van der Waals surface area contributed by atoms with Gasteiger partial charge in [0, 0.05) is 30.7 Å². The first-order valence-electron chi connectivity index (χ1n) is 9.92. The molecule has 0 radical (unpaired) electrons. The highest BCUT2D eigenvalue weighted by Gasteiger charge is 2.18. The Morgan fingerprint density at radius 3 is 2.69 bits per heavy atom. The number of ether oxygens (including phenoxy) is 2. The summed E-state index contributed by atoms with van der Waals surface area (Å²) in [6.45, 7) is 0. The van der Waals surface area contributed by atoms with Gasteiger partial charge in [0.15, 0.2) is 22.4 Å². The smallest absolute Gasteiger partial charge is 0.325 e. The Morgan fingerprint density at radius 1 is 1.23 bits per heavy atom. The van der Waals surface area contributed by atoms with E-state index in [2.05, 4.69) is 20.9 Å². The van der Waals surface area contributed by atoms with Gasteiger partial charge in [-0.2, -0.15) is 0 Å². The van der Waals surface area contributed by atoms with Crippen molar-refractivity contribution in [2.45, 2.75) is 6.42 Å². The Labute approximate surface area is 206 Å². The second-order valence-corrected chi connectivity index (χ2v) is 8.68. The van der Waals surface area contributed by atoms with Crippen LogP contribution >= 0.6 is 11.3 Å². The molecule has 0 bridgehead atoms. The van der Waals surface area contributed by atoms with E-state index in [9.17, 15) is 22.7 Å². The highest BCUT2D eigenvalue weighted by atomic mass is 32.2. The van der Waals surface area contributed by atoms with E-state index in [0.29, 0.717) is 5.69 Å². The van der Waals surface area contributed by atoms with Crippen LogP contribution in [0.5, 0.6) is 17.2 Å². The molecule has 3 amide bonds. The third-order valence-corrected chi connectivity index (χ3v) is 6.02. The molecule has 3 N–H and O–H groups in total. The quantitative estimate of drug-likeness (QED) is 0.366. The second-order valence-electron chi connectivity index (χ2n) is 6.84. The van der Waals surface area contributed by atoms with Crippen LogP contribution in [-0.2, 0) is 22.5 Å². The van der Waals surface area contributed by atoms with Gasteiger partial charge in [0.05, 0.1) is 30.6 Å². The number of likely N-dealkylation sites (N-methyl/N-ethyl adjacent to an activating group) is 1. The number of amides is 3. The lowest BCUT2D eigenvalue weighted by Crippen LogP contribution is -2.22. The molecule has 1 atom stereocenters. The molecule has 0 spiro atoms. The molecule has 0 fully saturated rings. The first-order chi connectivity index (χ1) is 16.7. The van der Waals surface area contributed by atoms with Crippen molar-refractivity contribution >= 4 is 51.0 Å². The number of halogens is 1. The highest BCUT2D eigenvalue weighted by Crippen LogP contribution is 2.38. The zero-order valence-corrected chi connectivity index (χ0v) is 20.4. The van der Waals surface area contributed by atoms with Gasteiger partial charge in [0.2, 0.25) is 11.7 Å². The summed E-state index contributed by atoms with van der Waals surface area (Å²) in [7, 11) is 4.17. The number of nitrogens with zero attached hydrogens (tertiary/aromatic N) is 2. The number of hydrogen-bond acceptors (Lipinski definition) is 8. The molecule has 11 nitrogen and oxygen atoms in total. The summed E-state index contributed by atoms with van der Waals surface area (Å²) in [6.07, 6.45) is 0.0550. The van der Waals surface area contributed by atoms with Gasteiger partial charge in [-0.25, -0.2) is 14.2 Å². The van der Waals surface area contributed by atoms with E-state index in [0.717, 1.165) is 15.6 Å². The van der Waals surface area contributed by atoms with Crippen molar-refractivity contribution in [2.24, 2.45) is 0 Å². The van der Waals surface area contributed by atoms with Gasteiger partial charge in [-0.05, 0) is 30.3 Å². The van der Waals surface area contributed by atoms with E-state index in [-0.39, 0.29) is 46.1 Å². The average Bonchev–Trinajstić information content (AvgIpc) is 3.26. The number of urea groups is 1. The molecule has 1 heterocycles. The molecule has 0 aliphatic heterocycles. The molecule has 2 aromatic carbocycles. The van der Waals surface area contributed by atoms with E-state index in [1.54, 1.807) is 5.38 Å². The van der Waals surface area contributed by atoms with Crippen LogP contribution in [0.3, 0.4) is 0 Å². The average molecular weight is 523 g/mol. The molecule has 0 saturated carbocycles. The summed E-state index contributed by atoms with van der Waals surface area (Å²) >= 11 is -1.46. The first kappa shape index (κ1) is 25.9. The Kier molecular flexibility index (Phi) is 8.57. The third kappa shape index (κ3) is 6.65. The van der Waals surface area contributed by atoms with E-state index < -0.39 is 23.1 Å². The molecule has 0 aliphatic rings. The zero-order valence-electron chi connectivity index (χ0n) is 18.8. The second kappa shape index (κ2) is 11.6. The fraction of sp³-hybridized carbons (Fsp3) is 0.190. The number of aromatic nitrogens is 1. The minimum absolute atomic E-state index is 0.0248. The number of methoxy groups -OCH3 is 1. The van der Waals surface area contributed by atoms with Crippen LogP contribution in [0.25, 0.3) is 0 Å². The van der Waals surface area contributed by atoms with Gasteiger partial charge in [-0.1, -0.05) is 6.07 Å². The van der Waals surface area contributed by atoms with Crippen LogP contribution in [0.15, 0.2) is 41.8 Å². The van der Waals surface area contributed by atoms with Gasteiger partial charge in [0.1, 0.15) is 0 Å². The lowest BCUT2D eigenvalue weighted by atomic mass is 10.2. The summed E-state index contributed by atoms with van der Waals surface area (Å²) in [5.74, 6) is -1.00. The monoisotopic (exact) mass is 522 g/mol. The van der Waals surface area contributed by atoms with Crippen LogP contribution in [-0.4, -0.2) is 46.9 Å². The molecule has 186 valence electrons. The van der Waals surface area contributed by atoms with E-state index in [4.69, 9.17) is 9.47 Å². The van der Waals surface area contributed by atoms with Gasteiger partial charge >= 0.3 is 6.03 Å². The van der Waals surface area contributed by atoms with Crippen LogP contribution in [0, 0.1) is 5.82 Å². The first-order valence-corrected chi connectivity index (χ1v) is 11.8. The number of carbonyl (C=O) groups is 2. The van der Waals surface area contributed by atoms with Crippen molar-refractivity contribution in [3.63, 3.8) is 0 Å².